The molecule has 2 heterocycles. The summed E-state index contributed by atoms with van der Waals surface area (Å²) in [6.07, 6.45) is 4.73. The number of halogens is 1. The average Bonchev–Trinajstić information content (AvgIpc) is 2.54. The second-order valence-electron chi connectivity index (χ2n) is 2.43. The van der Waals surface area contributed by atoms with Crippen LogP contribution in [0.15, 0.2) is 24.9 Å². The zero-order valence-corrected chi connectivity index (χ0v) is 7.39. The van der Waals surface area contributed by atoms with E-state index < -0.39 is 0 Å². The summed E-state index contributed by atoms with van der Waals surface area (Å²) < 4.78 is 1.70. The van der Waals surface area contributed by atoms with Crippen LogP contribution in [0.5, 0.6) is 0 Å². The van der Waals surface area contributed by atoms with E-state index in [1.54, 1.807) is 17.1 Å². The molecule has 0 unspecified atom stereocenters. The maximum Gasteiger partial charge on any atom is 0.225 e. The smallest absolute Gasteiger partial charge is 0.225 e. The molecule has 0 aromatic carbocycles. The molecule has 0 fully saturated rings. The second kappa shape index (κ2) is 3.49. The van der Waals surface area contributed by atoms with Gasteiger partial charge in [0.2, 0.25) is 5.28 Å². The lowest BCUT2D eigenvalue weighted by Gasteiger charge is -2.00. The van der Waals surface area contributed by atoms with Crippen LogP contribution in [0.2, 0.25) is 5.28 Å². The second-order valence-corrected chi connectivity index (χ2v) is 2.77. The first-order valence-electron chi connectivity index (χ1n) is 3.64. The molecule has 5 nitrogen and oxygen atoms in total. The SMILES string of the molecule is Clc1nncn1Cc1ccncn1. The molecule has 6 heteroatoms. The molecule has 2 rings (SSSR count). The Balaban J connectivity index is 2.20. The van der Waals surface area contributed by atoms with Crippen molar-refractivity contribution in [3.63, 3.8) is 0 Å². The van der Waals surface area contributed by atoms with Crippen molar-refractivity contribution in [2.24, 2.45) is 0 Å². The van der Waals surface area contributed by atoms with Crippen LogP contribution in [-0.4, -0.2) is 24.7 Å². The van der Waals surface area contributed by atoms with Gasteiger partial charge in [-0.2, -0.15) is 0 Å². The van der Waals surface area contributed by atoms with E-state index in [2.05, 4.69) is 20.2 Å². The van der Waals surface area contributed by atoms with E-state index in [1.807, 2.05) is 6.07 Å². The van der Waals surface area contributed by atoms with Crippen LogP contribution >= 0.6 is 11.6 Å². The maximum atomic E-state index is 5.74. The van der Waals surface area contributed by atoms with Crippen LogP contribution in [0.1, 0.15) is 5.69 Å². The monoisotopic (exact) mass is 195 g/mol. The molecule has 0 bridgehead atoms. The van der Waals surface area contributed by atoms with Crippen molar-refractivity contribution in [1.29, 1.82) is 0 Å². The summed E-state index contributed by atoms with van der Waals surface area (Å²) in [4.78, 5) is 7.86. The molecule has 0 N–H and O–H groups in total. The molecule has 0 saturated heterocycles. The third-order valence-corrected chi connectivity index (χ3v) is 1.84. The van der Waals surface area contributed by atoms with Crippen LogP contribution in [0.4, 0.5) is 0 Å². The van der Waals surface area contributed by atoms with Gasteiger partial charge in [-0.1, -0.05) is 0 Å². The van der Waals surface area contributed by atoms with Crippen molar-refractivity contribution >= 4 is 11.6 Å². The van der Waals surface area contributed by atoms with Gasteiger partial charge in [0.1, 0.15) is 12.7 Å². The van der Waals surface area contributed by atoms with E-state index in [4.69, 9.17) is 11.6 Å². The van der Waals surface area contributed by atoms with Crippen molar-refractivity contribution in [1.82, 2.24) is 24.7 Å². The van der Waals surface area contributed by atoms with E-state index in [0.717, 1.165) is 5.69 Å². The Morgan fingerprint density at radius 2 is 2.38 bits per heavy atom. The van der Waals surface area contributed by atoms with Gasteiger partial charge in [-0.05, 0) is 17.7 Å². The molecule has 13 heavy (non-hydrogen) atoms. The van der Waals surface area contributed by atoms with Gasteiger partial charge in [0.05, 0.1) is 12.2 Å². The number of rotatable bonds is 2. The first-order chi connectivity index (χ1) is 6.36. The Kier molecular flexibility index (Phi) is 2.18. The highest BCUT2D eigenvalue weighted by Crippen LogP contribution is 2.04. The molecular formula is C7H6ClN5. The minimum Gasteiger partial charge on any atom is -0.298 e. The van der Waals surface area contributed by atoms with Crippen LogP contribution in [-0.2, 0) is 6.54 Å². The molecule has 66 valence electrons. The Morgan fingerprint density at radius 3 is 3.00 bits per heavy atom. The predicted molar refractivity (Wildman–Crippen MR) is 46.2 cm³/mol. The number of hydrogen-bond acceptors (Lipinski definition) is 4. The highest BCUT2D eigenvalue weighted by Gasteiger charge is 2.01. The van der Waals surface area contributed by atoms with Crippen LogP contribution < -0.4 is 0 Å². The lowest BCUT2D eigenvalue weighted by atomic mass is 10.4. The molecule has 2 aromatic rings. The predicted octanol–water partition coefficient (Wildman–Crippen LogP) is 0.770. The van der Waals surface area contributed by atoms with E-state index in [0.29, 0.717) is 11.8 Å². The number of aromatic nitrogens is 5. The summed E-state index contributed by atoms with van der Waals surface area (Å²) in [5, 5.41) is 7.66. The van der Waals surface area contributed by atoms with Crippen molar-refractivity contribution < 1.29 is 0 Å². The summed E-state index contributed by atoms with van der Waals surface area (Å²) in [6.45, 7) is 0.564. The average molecular weight is 196 g/mol. The topological polar surface area (TPSA) is 56.5 Å². The Hall–Kier alpha value is -1.49. The third kappa shape index (κ3) is 1.81. The normalized spacial score (nSPS) is 10.2. The highest BCUT2D eigenvalue weighted by atomic mass is 35.5. The van der Waals surface area contributed by atoms with Gasteiger partial charge < -0.3 is 0 Å². The van der Waals surface area contributed by atoms with E-state index in [9.17, 15) is 0 Å². The van der Waals surface area contributed by atoms with Gasteiger partial charge >= 0.3 is 0 Å². The van der Waals surface area contributed by atoms with Crippen LogP contribution in [0, 0.1) is 0 Å². The van der Waals surface area contributed by atoms with Crippen LogP contribution in [0.3, 0.4) is 0 Å². The van der Waals surface area contributed by atoms with Gasteiger partial charge in [-0.3, -0.25) is 4.57 Å². The van der Waals surface area contributed by atoms with Crippen molar-refractivity contribution in [3.8, 4) is 0 Å². The first-order valence-corrected chi connectivity index (χ1v) is 4.02. The van der Waals surface area contributed by atoms with E-state index in [1.165, 1.54) is 6.33 Å². The fourth-order valence-corrected chi connectivity index (χ4v) is 1.08. The van der Waals surface area contributed by atoms with Gasteiger partial charge in [-0.25, -0.2) is 9.97 Å². The Morgan fingerprint density at radius 1 is 1.46 bits per heavy atom. The lowest BCUT2D eigenvalue weighted by molar-refractivity contribution is 0.767. The third-order valence-electron chi connectivity index (χ3n) is 1.54. The molecule has 0 aliphatic rings. The molecule has 0 spiro atoms. The van der Waals surface area contributed by atoms with Crippen molar-refractivity contribution in [2.45, 2.75) is 6.54 Å². The molecule has 0 radical (unpaired) electrons. The Bertz CT molecular complexity index is 385. The van der Waals surface area contributed by atoms with Crippen molar-refractivity contribution in [2.75, 3.05) is 0 Å². The standard InChI is InChI=1S/C7H6ClN5/c8-7-12-11-5-13(7)3-6-1-2-9-4-10-6/h1-2,4-5H,3H2. The summed E-state index contributed by atoms with van der Waals surface area (Å²) in [5.74, 6) is 0. The number of hydrogen-bond donors (Lipinski definition) is 0. The van der Waals surface area contributed by atoms with Gasteiger partial charge in [0.25, 0.3) is 0 Å². The van der Waals surface area contributed by atoms with Gasteiger partial charge in [0, 0.05) is 6.20 Å². The van der Waals surface area contributed by atoms with E-state index >= 15 is 0 Å². The first kappa shape index (κ1) is 8.12. The minimum absolute atomic E-state index is 0.360. The molecule has 0 amide bonds. The molecule has 0 atom stereocenters. The zero-order chi connectivity index (χ0) is 9.10. The minimum atomic E-state index is 0.360. The quantitative estimate of drug-likeness (QED) is 0.710. The zero-order valence-electron chi connectivity index (χ0n) is 6.63. The van der Waals surface area contributed by atoms with Gasteiger partial charge in [-0.15, -0.1) is 10.2 Å². The van der Waals surface area contributed by atoms with Crippen molar-refractivity contribution in [3.05, 3.63) is 35.9 Å². The van der Waals surface area contributed by atoms with E-state index in [-0.39, 0.29) is 0 Å². The van der Waals surface area contributed by atoms with Crippen LogP contribution in [0.25, 0.3) is 0 Å². The maximum absolute atomic E-state index is 5.74. The fourth-order valence-electron chi connectivity index (χ4n) is 0.933. The largest absolute Gasteiger partial charge is 0.298 e. The molecule has 2 aromatic heterocycles. The molecule has 0 aliphatic heterocycles. The van der Waals surface area contributed by atoms with Gasteiger partial charge in [0.15, 0.2) is 0 Å². The summed E-state index contributed by atoms with van der Waals surface area (Å²) in [6, 6.07) is 1.82. The summed E-state index contributed by atoms with van der Waals surface area (Å²) in [5.41, 5.74) is 0.872. The molecular weight excluding hydrogens is 190 g/mol. The summed E-state index contributed by atoms with van der Waals surface area (Å²) in [7, 11) is 0. The molecule has 0 aliphatic carbocycles. The highest BCUT2D eigenvalue weighted by molar-refractivity contribution is 6.28. The lowest BCUT2D eigenvalue weighted by Crippen LogP contribution is -2.00. The fraction of sp³-hybridized carbons (Fsp3) is 0.143. The summed E-state index contributed by atoms with van der Waals surface area (Å²) >= 11 is 5.74. The number of nitrogens with zero attached hydrogens (tertiary/aromatic N) is 5. The Labute approximate surface area is 79.4 Å². The molecule has 0 saturated carbocycles.